The first-order valence-electron chi connectivity index (χ1n) is 7.17. The minimum absolute atomic E-state index is 0. The van der Waals surface area contributed by atoms with E-state index in [0.29, 0.717) is 0 Å². The fourth-order valence-corrected chi connectivity index (χ4v) is 0.816. The van der Waals surface area contributed by atoms with Gasteiger partial charge in [-0.25, -0.2) is 0 Å². The van der Waals surface area contributed by atoms with Crippen molar-refractivity contribution in [2.75, 3.05) is 21.3 Å². The van der Waals surface area contributed by atoms with Crippen LogP contribution in [-0.4, -0.2) is 55.5 Å². The molecule has 1 radical (unpaired) electrons. The molecule has 0 aliphatic heterocycles. The SMILES string of the molecule is COC(O)C(C)C.COC(O)C(C)C.COC(O)C(C)C.[La]. The minimum Gasteiger partial charge on any atom is -0.368 e. The minimum atomic E-state index is -0.597. The molecule has 135 valence electrons. The fourth-order valence-electron chi connectivity index (χ4n) is 0.816. The molecule has 0 aliphatic rings. The standard InChI is InChI=1S/3C5H12O2.La/c3*1-4(2)5(6)7-3;/h3*4-6H,1-3H3;. The van der Waals surface area contributed by atoms with Gasteiger partial charge in [-0.15, -0.1) is 0 Å². The van der Waals surface area contributed by atoms with E-state index in [1.807, 2.05) is 41.5 Å². The van der Waals surface area contributed by atoms with Gasteiger partial charge in [0.1, 0.15) is 0 Å². The van der Waals surface area contributed by atoms with Crippen molar-refractivity contribution in [2.45, 2.75) is 60.4 Å². The first-order chi connectivity index (χ1) is 9.54. The third kappa shape index (κ3) is 23.2. The van der Waals surface area contributed by atoms with Crippen LogP contribution in [0.3, 0.4) is 0 Å². The summed E-state index contributed by atoms with van der Waals surface area (Å²) in [6, 6.07) is 0. The van der Waals surface area contributed by atoms with Crippen molar-refractivity contribution in [3.05, 3.63) is 0 Å². The van der Waals surface area contributed by atoms with E-state index in [9.17, 15) is 0 Å². The van der Waals surface area contributed by atoms with Crippen LogP contribution >= 0.6 is 0 Å². The zero-order valence-corrected chi connectivity index (χ0v) is 19.2. The monoisotopic (exact) mass is 451 g/mol. The molecule has 3 N–H and O–H groups in total. The van der Waals surface area contributed by atoms with Gasteiger partial charge in [-0.2, -0.15) is 0 Å². The molecule has 0 aromatic heterocycles. The summed E-state index contributed by atoms with van der Waals surface area (Å²) in [5.74, 6) is 0.597. The van der Waals surface area contributed by atoms with E-state index in [4.69, 9.17) is 15.3 Å². The molecule has 0 rings (SSSR count). The molecule has 6 nitrogen and oxygen atoms in total. The summed E-state index contributed by atoms with van der Waals surface area (Å²) in [7, 11) is 4.47. The zero-order chi connectivity index (χ0) is 17.6. The van der Waals surface area contributed by atoms with Crippen molar-refractivity contribution in [3.63, 3.8) is 0 Å². The molecule has 0 aromatic carbocycles. The van der Waals surface area contributed by atoms with Crippen LogP contribution in [0.1, 0.15) is 41.5 Å². The van der Waals surface area contributed by atoms with Crippen molar-refractivity contribution >= 4 is 0 Å². The maximum atomic E-state index is 8.71. The number of aliphatic hydroxyl groups is 3. The Kier molecular flexibility index (Phi) is 28.0. The summed E-state index contributed by atoms with van der Waals surface area (Å²) in [4.78, 5) is 0. The number of aliphatic hydroxyl groups excluding tert-OH is 3. The third-order valence-electron chi connectivity index (χ3n) is 2.44. The van der Waals surface area contributed by atoms with Crippen molar-refractivity contribution in [1.82, 2.24) is 0 Å². The molecule has 3 atom stereocenters. The average molecular weight is 451 g/mol. The quantitative estimate of drug-likeness (QED) is 0.534. The van der Waals surface area contributed by atoms with Crippen molar-refractivity contribution in [1.29, 1.82) is 0 Å². The Morgan fingerprint density at radius 3 is 0.636 bits per heavy atom. The first kappa shape index (κ1) is 30.8. The molecule has 0 bridgehead atoms. The maximum absolute atomic E-state index is 8.71. The molecule has 0 aliphatic carbocycles. The largest absolute Gasteiger partial charge is 0.368 e. The first-order valence-corrected chi connectivity index (χ1v) is 7.17. The van der Waals surface area contributed by atoms with Crippen LogP contribution in [0.4, 0.5) is 0 Å². The summed E-state index contributed by atoms with van der Waals surface area (Å²) in [5.41, 5.74) is 0. The van der Waals surface area contributed by atoms with Gasteiger partial charge >= 0.3 is 0 Å². The predicted octanol–water partition coefficient (Wildman–Crippen LogP) is 1.82. The Bertz CT molecular complexity index is 169. The topological polar surface area (TPSA) is 88.4 Å². The van der Waals surface area contributed by atoms with E-state index in [0.717, 1.165) is 0 Å². The van der Waals surface area contributed by atoms with Crippen LogP contribution in [0.5, 0.6) is 0 Å². The molecule has 0 aromatic rings. The van der Waals surface area contributed by atoms with Crippen molar-refractivity contribution < 1.29 is 65.1 Å². The molecular formula is C15H36LaO6. The molecule has 0 saturated carbocycles. The van der Waals surface area contributed by atoms with Crippen LogP contribution in [-0.2, 0) is 14.2 Å². The van der Waals surface area contributed by atoms with E-state index >= 15 is 0 Å². The van der Waals surface area contributed by atoms with Gasteiger partial charge in [0.2, 0.25) is 0 Å². The van der Waals surface area contributed by atoms with Gasteiger partial charge in [-0.05, 0) is 0 Å². The number of hydrogen-bond acceptors (Lipinski definition) is 6. The molecule has 3 unspecified atom stereocenters. The molecule has 0 heterocycles. The van der Waals surface area contributed by atoms with Crippen molar-refractivity contribution in [3.8, 4) is 0 Å². The molecular weight excluding hydrogens is 415 g/mol. The maximum Gasteiger partial charge on any atom is 0.156 e. The van der Waals surface area contributed by atoms with Gasteiger partial charge in [-0.3, -0.25) is 0 Å². The van der Waals surface area contributed by atoms with E-state index in [1.165, 1.54) is 21.3 Å². The van der Waals surface area contributed by atoms with Crippen LogP contribution in [0.2, 0.25) is 0 Å². The van der Waals surface area contributed by atoms with Crippen LogP contribution in [0.25, 0.3) is 0 Å². The van der Waals surface area contributed by atoms with Crippen LogP contribution in [0, 0.1) is 53.4 Å². The van der Waals surface area contributed by atoms with E-state index in [-0.39, 0.29) is 53.4 Å². The molecule has 0 fully saturated rings. The molecule has 7 heteroatoms. The summed E-state index contributed by atoms with van der Waals surface area (Å²) in [5, 5.41) is 26.1. The summed E-state index contributed by atoms with van der Waals surface area (Å²) < 4.78 is 13.7. The van der Waals surface area contributed by atoms with Crippen molar-refractivity contribution in [2.24, 2.45) is 17.8 Å². The van der Waals surface area contributed by atoms with Gasteiger partial charge in [0, 0.05) is 74.7 Å². The molecule has 0 amide bonds. The van der Waals surface area contributed by atoms with E-state index < -0.39 is 18.9 Å². The molecule has 0 spiro atoms. The van der Waals surface area contributed by atoms with Crippen LogP contribution in [0.15, 0.2) is 0 Å². The fraction of sp³-hybridized carbons (Fsp3) is 1.00. The molecule has 22 heavy (non-hydrogen) atoms. The smallest absolute Gasteiger partial charge is 0.156 e. The number of hydrogen-bond donors (Lipinski definition) is 3. The predicted molar refractivity (Wildman–Crippen MR) is 83.6 cm³/mol. The second-order valence-corrected chi connectivity index (χ2v) is 5.61. The van der Waals surface area contributed by atoms with Gasteiger partial charge in [0.25, 0.3) is 0 Å². The Balaban J connectivity index is -0.000000108. The number of ether oxygens (including phenoxy) is 3. The summed E-state index contributed by atoms with van der Waals surface area (Å²) >= 11 is 0. The van der Waals surface area contributed by atoms with E-state index in [2.05, 4.69) is 14.2 Å². The Labute approximate surface area is 164 Å². The Morgan fingerprint density at radius 2 is 0.636 bits per heavy atom. The normalized spacial score (nSPS) is 14.3. The zero-order valence-electron chi connectivity index (χ0n) is 15.6. The Morgan fingerprint density at radius 1 is 0.500 bits per heavy atom. The summed E-state index contributed by atoms with van der Waals surface area (Å²) in [6.07, 6.45) is -1.79. The van der Waals surface area contributed by atoms with Gasteiger partial charge < -0.3 is 29.5 Å². The average Bonchev–Trinajstić information content (AvgIpc) is 2.45. The summed E-state index contributed by atoms with van der Waals surface area (Å²) in [6.45, 7) is 11.4. The second kappa shape index (κ2) is 20.0. The van der Waals surface area contributed by atoms with Gasteiger partial charge in [0.15, 0.2) is 18.9 Å². The van der Waals surface area contributed by atoms with E-state index in [1.54, 1.807) is 0 Å². The van der Waals surface area contributed by atoms with Crippen LogP contribution < -0.4 is 0 Å². The molecule has 0 saturated heterocycles. The third-order valence-corrected chi connectivity index (χ3v) is 2.44. The number of rotatable bonds is 6. The van der Waals surface area contributed by atoms with Gasteiger partial charge in [0.05, 0.1) is 0 Å². The van der Waals surface area contributed by atoms with Gasteiger partial charge in [-0.1, -0.05) is 41.5 Å². The Hall–Kier alpha value is 0.955. The number of methoxy groups -OCH3 is 3. The second-order valence-electron chi connectivity index (χ2n) is 5.61.